The zero-order valence-electron chi connectivity index (χ0n) is 16.1. The highest BCUT2D eigenvalue weighted by atomic mass is 32.1. The molecule has 10 heteroatoms. The van der Waals surface area contributed by atoms with Crippen molar-refractivity contribution in [3.63, 3.8) is 0 Å². The molecule has 0 atom stereocenters. The topological polar surface area (TPSA) is 121 Å². The summed E-state index contributed by atoms with van der Waals surface area (Å²) in [6.45, 7) is 1.17. The van der Waals surface area contributed by atoms with Crippen LogP contribution in [0.5, 0.6) is 5.75 Å². The van der Waals surface area contributed by atoms with Gasteiger partial charge in [0.05, 0.1) is 12.7 Å². The summed E-state index contributed by atoms with van der Waals surface area (Å²) >= 11 is 1.37. The molecule has 3 rings (SSSR count). The van der Waals surface area contributed by atoms with E-state index in [1.807, 2.05) is 0 Å². The van der Waals surface area contributed by atoms with Gasteiger partial charge >= 0.3 is 11.8 Å². The Morgan fingerprint density at radius 3 is 2.76 bits per heavy atom. The van der Waals surface area contributed by atoms with E-state index in [2.05, 4.69) is 10.3 Å². The second-order valence-electron chi connectivity index (χ2n) is 6.63. The minimum atomic E-state index is -0.661. The van der Waals surface area contributed by atoms with E-state index in [1.165, 1.54) is 24.5 Å². The number of nitrogens with zero attached hydrogens (tertiary/aromatic N) is 2. The lowest BCUT2D eigenvalue weighted by atomic mass is 10.1. The molecule has 0 saturated carbocycles. The van der Waals surface area contributed by atoms with Crippen LogP contribution in [0.2, 0.25) is 0 Å². The lowest BCUT2D eigenvalue weighted by Gasteiger charge is -2.09. The quantitative estimate of drug-likeness (QED) is 0.329. The number of hydrogen-bond acceptors (Lipinski definition) is 8. The Hall–Kier alpha value is -3.01. The number of aromatic nitrogens is 1. The molecule has 1 aliphatic carbocycles. The summed E-state index contributed by atoms with van der Waals surface area (Å²) in [5.74, 6) is -1.55. The number of hydrogen-bond donors (Lipinski definition) is 1. The Morgan fingerprint density at radius 1 is 1.28 bits per heavy atom. The van der Waals surface area contributed by atoms with Crippen LogP contribution in [0.4, 0.5) is 10.8 Å². The molecule has 0 saturated heterocycles. The Balaban J connectivity index is 1.76. The zero-order valence-corrected chi connectivity index (χ0v) is 17.0. The van der Waals surface area contributed by atoms with Gasteiger partial charge in [0, 0.05) is 11.8 Å². The van der Waals surface area contributed by atoms with Gasteiger partial charge < -0.3 is 24.9 Å². The lowest BCUT2D eigenvalue weighted by molar-refractivity contribution is -0.390. The van der Waals surface area contributed by atoms with Crippen molar-refractivity contribution in [3.05, 3.63) is 43.9 Å². The average molecular weight is 419 g/mol. The lowest BCUT2D eigenvalue weighted by Crippen LogP contribution is -2.21. The summed E-state index contributed by atoms with van der Waals surface area (Å²) in [6.07, 6.45) is 4.74. The van der Waals surface area contributed by atoms with Crippen LogP contribution < -0.4 is 10.1 Å². The predicted molar refractivity (Wildman–Crippen MR) is 107 cm³/mol. The van der Waals surface area contributed by atoms with Gasteiger partial charge in [-0.3, -0.25) is 4.79 Å². The van der Waals surface area contributed by atoms with Gasteiger partial charge in [0.25, 0.3) is 5.91 Å². The van der Waals surface area contributed by atoms with Crippen LogP contribution >= 0.6 is 11.3 Å². The number of amides is 1. The molecule has 2 aromatic heterocycles. The fourth-order valence-electron chi connectivity index (χ4n) is 3.23. The minimum absolute atomic E-state index is 0.0918. The number of aryl methyl sites for hydroxylation is 2. The van der Waals surface area contributed by atoms with Crippen LogP contribution in [0.3, 0.4) is 0 Å². The Morgan fingerprint density at radius 2 is 2.03 bits per heavy atom. The Kier molecular flexibility index (Phi) is 6.42. The molecule has 1 N–H and O–H groups in total. The van der Waals surface area contributed by atoms with Crippen LogP contribution in [0.25, 0.3) is 0 Å². The molecule has 0 spiro atoms. The van der Waals surface area contributed by atoms with Crippen LogP contribution in [0.1, 0.15) is 45.8 Å². The first-order chi connectivity index (χ1) is 13.9. The number of anilines is 1. The number of carbonyl (C=O) groups is 2. The minimum Gasteiger partial charge on any atom is -0.476 e. The van der Waals surface area contributed by atoms with E-state index in [1.54, 1.807) is 13.0 Å². The zero-order chi connectivity index (χ0) is 21.0. The smallest absolute Gasteiger partial charge is 0.406 e. The third kappa shape index (κ3) is 4.70. The van der Waals surface area contributed by atoms with Crippen molar-refractivity contribution < 1.29 is 24.0 Å². The fraction of sp³-hybridized carbons (Fsp3) is 0.421. The van der Waals surface area contributed by atoms with Crippen molar-refractivity contribution in [1.29, 1.82) is 0 Å². The summed E-state index contributed by atoms with van der Waals surface area (Å²) < 4.78 is 10.2. The molecule has 1 aliphatic rings. The van der Waals surface area contributed by atoms with Crippen molar-refractivity contribution in [2.75, 3.05) is 19.0 Å². The maximum atomic E-state index is 12.4. The second kappa shape index (κ2) is 8.99. The Bertz CT molecular complexity index is 956. The number of ether oxygens (including phenoxy) is 2. The van der Waals surface area contributed by atoms with Gasteiger partial charge in [0.2, 0.25) is 5.75 Å². The molecule has 2 aromatic rings. The molecule has 9 nitrogen and oxygen atoms in total. The molecule has 0 bridgehead atoms. The number of nitro groups is 1. The van der Waals surface area contributed by atoms with Crippen LogP contribution in [0, 0.1) is 17.0 Å². The summed E-state index contributed by atoms with van der Waals surface area (Å²) in [5, 5.41) is 14.2. The van der Waals surface area contributed by atoms with E-state index in [4.69, 9.17) is 9.47 Å². The van der Waals surface area contributed by atoms with Gasteiger partial charge in [-0.1, -0.05) is 6.42 Å². The molecular weight excluding hydrogens is 398 g/mol. The van der Waals surface area contributed by atoms with Gasteiger partial charge in [-0.25, -0.2) is 4.79 Å². The first-order valence-electron chi connectivity index (χ1n) is 9.18. The van der Waals surface area contributed by atoms with E-state index < -0.39 is 29.2 Å². The molecule has 2 heterocycles. The fourth-order valence-corrected chi connectivity index (χ4v) is 4.52. The maximum Gasteiger partial charge on any atom is 0.406 e. The number of thiophene rings is 1. The van der Waals surface area contributed by atoms with Crippen molar-refractivity contribution in [3.8, 4) is 5.75 Å². The van der Waals surface area contributed by atoms with E-state index in [-0.39, 0.29) is 5.75 Å². The summed E-state index contributed by atoms with van der Waals surface area (Å²) in [6, 6.07) is 2.97. The van der Waals surface area contributed by atoms with Crippen molar-refractivity contribution >= 4 is 34.0 Å². The highest BCUT2D eigenvalue weighted by Crippen LogP contribution is 2.38. The van der Waals surface area contributed by atoms with Gasteiger partial charge in [-0.15, -0.1) is 11.3 Å². The van der Waals surface area contributed by atoms with Gasteiger partial charge in [0.1, 0.15) is 10.7 Å². The molecule has 0 unspecified atom stereocenters. The van der Waals surface area contributed by atoms with Crippen molar-refractivity contribution in [2.24, 2.45) is 0 Å². The summed E-state index contributed by atoms with van der Waals surface area (Å²) in [7, 11) is 1.31. The number of pyridine rings is 1. The monoisotopic (exact) mass is 419 g/mol. The van der Waals surface area contributed by atoms with E-state index in [0.29, 0.717) is 16.3 Å². The number of rotatable bonds is 6. The SMILES string of the molecule is COC(=O)c1c(NC(=O)COc2ccc(C)nc2[N+](=O)[O-])sc2c1CCCCC2. The van der Waals surface area contributed by atoms with Crippen LogP contribution in [-0.2, 0) is 22.4 Å². The number of carbonyl (C=O) groups excluding carboxylic acids is 2. The van der Waals surface area contributed by atoms with Gasteiger partial charge in [-0.2, -0.15) is 0 Å². The molecule has 29 heavy (non-hydrogen) atoms. The number of nitrogens with one attached hydrogen (secondary N) is 1. The summed E-state index contributed by atoms with van der Waals surface area (Å²) in [4.78, 5) is 40.1. The van der Waals surface area contributed by atoms with E-state index in [9.17, 15) is 19.7 Å². The Labute approximate surface area is 171 Å². The number of esters is 1. The van der Waals surface area contributed by atoms with Crippen LogP contribution in [-0.4, -0.2) is 35.5 Å². The van der Waals surface area contributed by atoms with Gasteiger partial charge in [-0.05, 0) is 53.3 Å². The molecule has 1 amide bonds. The highest BCUT2D eigenvalue weighted by molar-refractivity contribution is 7.17. The van der Waals surface area contributed by atoms with E-state index >= 15 is 0 Å². The van der Waals surface area contributed by atoms with Crippen molar-refractivity contribution in [1.82, 2.24) is 4.98 Å². The summed E-state index contributed by atoms with van der Waals surface area (Å²) in [5.41, 5.74) is 1.80. The molecule has 0 radical (unpaired) electrons. The average Bonchev–Trinajstić information content (AvgIpc) is 2.86. The molecular formula is C19H21N3O6S. The highest BCUT2D eigenvalue weighted by Gasteiger charge is 2.26. The maximum absolute atomic E-state index is 12.4. The van der Waals surface area contributed by atoms with Gasteiger partial charge in [0.15, 0.2) is 6.61 Å². The third-order valence-electron chi connectivity index (χ3n) is 4.57. The molecule has 0 aliphatic heterocycles. The first-order valence-corrected chi connectivity index (χ1v) is 10.00. The van der Waals surface area contributed by atoms with Crippen LogP contribution in [0.15, 0.2) is 12.1 Å². The molecule has 0 aromatic carbocycles. The molecule has 0 fully saturated rings. The number of methoxy groups -OCH3 is 1. The predicted octanol–water partition coefficient (Wildman–Crippen LogP) is 3.43. The largest absolute Gasteiger partial charge is 0.476 e. The normalized spacial score (nSPS) is 13.2. The first kappa shape index (κ1) is 20.7. The second-order valence-corrected chi connectivity index (χ2v) is 7.73. The van der Waals surface area contributed by atoms with E-state index in [0.717, 1.165) is 42.5 Å². The number of fused-ring (bicyclic) bond motifs is 1. The van der Waals surface area contributed by atoms with Crippen molar-refractivity contribution in [2.45, 2.75) is 39.0 Å². The third-order valence-corrected chi connectivity index (χ3v) is 5.78. The standard InChI is InChI=1S/C19H21N3O6S/c1-11-8-9-13(17(20-11)22(25)26)28-10-15(23)21-18-16(19(24)27-2)12-6-4-3-5-7-14(12)29-18/h8-9H,3-7,10H2,1-2H3,(H,21,23). The molecule has 154 valence electrons.